The predicted molar refractivity (Wildman–Crippen MR) is 81.2 cm³/mol. The lowest BCUT2D eigenvalue weighted by molar-refractivity contribution is -0.124. The highest BCUT2D eigenvalue weighted by atomic mass is 35.5. The van der Waals surface area contributed by atoms with E-state index in [1.54, 1.807) is 12.1 Å². The highest BCUT2D eigenvalue weighted by Crippen LogP contribution is 2.24. The summed E-state index contributed by atoms with van der Waals surface area (Å²) in [5.41, 5.74) is 0.941. The van der Waals surface area contributed by atoms with Gasteiger partial charge in [-0.15, -0.1) is 0 Å². The Morgan fingerprint density at radius 2 is 2.15 bits per heavy atom. The van der Waals surface area contributed by atoms with Gasteiger partial charge in [-0.25, -0.2) is 0 Å². The maximum absolute atomic E-state index is 11.9. The lowest BCUT2D eigenvalue weighted by Gasteiger charge is -2.29. The fourth-order valence-corrected chi connectivity index (χ4v) is 2.92. The molecule has 4 heteroatoms. The minimum Gasteiger partial charge on any atom is -0.484 e. The molecule has 1 aliphatic carbocycles. The topological polar surface area (TPSA) is 38.3 Å². The standard InChI is InChI=1S/C16H22ClNO2/c1-11-5-3-4-6-14(11)18-16(19)10-20-15-8-7-13(17)9-12(15)2/h7-9,11,14H,3-6,10H2,1-2H3,(H,18,19)/t11-,14-/m1/s1. The van der Waals surface area contributed by atoms with Gasteiger partial charge in [0.1, 0.15) is 5.75 Å². The molecule has 0 aromatic heterocycles. The fourth-order valence-electron chi connectivity index (χ4n) is 2.70. The van der Waals surface area contributed by atoms with E-state index < -0.39 is 0 Å². The quantitative estimate of drug-likeness (QED) is 0.919. The Kier molecular flexibility index (Phi) is 5.30. The number of halogens is 1. The van der Waals surface area contributed by atoms with Crippen molar-refractivity contribution in [3.8, 4) is 5.75 Å². The Morgan fingerprint density at radius 3 is 2.85 bits per heavy atom. The van der Waals surface area contributed by atoms with Crippen LogP contribution < -0.4 is 10.1 Å². The molecule has 0 bridgehead atoms. The Hall–Kier alpha value is -1.22. The van der Waals surface area contributed by atoms with Gasteiger partial charge in [0.2, 0.25) is 0 Å². The third-order valence-electron chi connectivity index (χ3n) is 3.95. The highest BCUT2D eigenvalue weighted by molar-refractivity contribution is 6.30. The predicted octanol–water partition coefficient (Wildman–Crippen LogP) is 3.72. The Bertz CT molecular complexity index is 476. The van der Waals surface area contributed by atoms with Crippen molar-refractivity contribution in [3.63, 3.8) is 0 Å². The van der Waals surface area contributed by atoms with E-state index in [4.69, 9.17) is 16.3 Å². The van der Waals surface area contributed by atoms with Crippen molar-refractivity contribution in [3.05, 3.63) is 28.8 Å². The van der Waals surface area contributed by atoms with E-state index in [2.05, 4.69) is 12.2 Å². The first-order chi connectivity index (χ1) is 9.56. The van der Waals surface area contributed by atoms with E-state index in [0.29, 0.717) is 22.7 Å². The third-order valence-corrected chi connectivity index (χ3v) is 4.19. The van der Waals surface area contributed by atoms with Gasteiger partial charge in [-0.05, 0) is 49.4 Å². The Labute approximate surface area is 125 Å². The molecule has 2 rings (SSSR count). The Morgan fingerprint density at radius 1 is 1.40 bits per heavy atom. The van der Waals surface area contributed by atoms with E-state index in [1.165, 1.54) is 19.3 Å². The maximum atomic E-state index is 11.9. The fraction of sp³-hybridized carbons (Fsp3) is 0.562. The third kappa shape index (κ3) is 4.14. The molecule has 20 heavy (non-hydrogen) atoms. The molecular weight excluding hydrogens is 274 g/mol. The summed E-state index contributed by atoms with van der Waals surface area (Å²) in [4.78, 5) is 11.9. The molecular formula is C16H22ClNO2. The van der Waals surface area contributed by atoms with Gasteiger partial charge in [0.25, 0.3) is 5.91 Å². The van der Waals surface area contributed by atoms with Crippen LogP contribution in [0.15, 0.2) is 18.2 Å². The number of benzene rings is 1. The smallest absolute Gasteiger partial charge is 0.258 e. The zero-order valence-corrected chi connectivity index (χ0v) is 12.9. The number of hydrogen-bond donors (Lipinski definition) is 1. The van der Waals surface area contributed by atoms with Crippen molar-refractivity contribution >= 4 is 17.5 Å². The summed E-state index contributed by atoms with van der Waals surface area (Å²) in [5, 5.41) is 3.76. The average Bonchev–Trinajstić information content (AvgIpc) is 2.40. The summed E-state index contributed by atoms with van der Waals surface area (Å²) in [5.74, 6) is 1.23. The van der Waals surface area contributed by atoms with Crippen LogP contribution in [0.25, 0.3) is 0 Å². The number of aryl methyl sites for hydroxylation is 1. The first-order valence-electron chi connectivity index (χ1n) is 7.24. The van der Waals surface area contributed by atoms with Gasteiger partial charge in [0.05, 0.1) is 0 Å². The van der Waals surface area contributed by atoms with E-state index in [-0.39, 0.29) is 12.5 Å². The van der Waals surface area contributed by atoms with Crippen LogP contribution in [0.1, 0.15) is 38.2 Å². The van der Waals surface area contributed by atoms with Crippen LogP contribution in [-0.4, -0.2) is 18.6 Å². The number of amides is 1. The number of rotatable bonds is 4. The molecule has 1 aromatic carbocycles. The van der Waals surface area contributed by atoms with Crippen molar-refractivity contribution in [2.45, 2.75) is 45.6 Å². The van der Waals surface area contributed by atoms with Crippen LogP contribution in [-0.2, 0) is 4.79 Å². The van der Waals surface area contributed by atoms with Crippen molar-refractivity contribution in [2.24, 2.45) is 5.92 Å². The molecule has 0 spiro atoms. The summed E-state index contributed by atoms with van der Waals surface area (Å²) in [7, 11) is 0. The number of ether oxygens (including phenoxy) is 1. The van der Waals surface area contributed by atoms with Crippen molar-refractivity contribution in [2.75, 3.05) is 6.61 Å². The summed E-state index contributed by atoms with van der Waals surface area (Å²) in [6.07, 6.45) is 4.75. The maximum Gasteiger partial charge on any atom is 0.258 e. The van der Waals surface area contributed by atoms with Crippen LogP contribution in [0, 0.1) is 12.8 Å². The summed E-state index contributed by atoms with van der Waals surface area (Å²) < 4.78 is 5.56. The van der Waals surface area contributed by atoms with Crippen LogP contribution >= 0.6 is 11.6 Å². The van der Waals surface area contributed by atoms with Gasteiger partial charge in [-0.1, -0.05) is 31.4 Å². The van der Waals surface area contributed by atoms with E-state index in [1.807, 2.05) is 13.0 Å². The van der Waals surface area contributed by atoms with E-state index in [0.717, 1.165) is 12.0 Å². The van der Waals surface area contributed by atoms with Crippen LogP contribution in [0.5, 0.6) is 5.75 Å². The molecule has 1 saturated carbocycles. The second kappa shape index (κ2) is 6.98. The molecule has 0 unspecified atom stereocenters. The van der Waals surface area contributed by atoms with Gasteiger partial charge in [-0.3, -0.25) is 4.79 Å². The zero-order chi connectivity index (χ0) is 14.5. The minimum atomic E-state index is -0.0434. The number of nitrogens with one attached hydrogen (secondary N) is 1. The van der Waals surface area contributed by atoms with Crippen molar-refractivity contribution < 1.29 is 9.53 Å². The number of carbonyl (C=O) groups excluding carboxylic acids is 1. The second-order valence-electron chi connectivity index (χ2n) is 5.63. The second-order valence-corrected chi connectivity index (χ2v) is 6.07. The number of carbonyl (C=O) groups is 1. The highest BCUT2D eigenvalue weighted by Gasteiger charge is 2.22. The van der Waals surface area contributed by atoms with Crippen LogP contribution in [0.2, 0.25) is 5.02 Å². The van der Waals surface area contributed by atoms with Gasteiger partial charge < -0.3 is 10.1 Å². The van der Waals surface area contributed by atoms with Crippen LogP contribution in [0.3, 0.4) is 0 Å². The largest absolute Gasteiger partial charge is 0.484 e. The lowest BCUT2D eigenvalue weighted by Crippen LogP contribution is -2.43. The number of hydrogen-bond acceptors (Lipinski definition) is 2. The molecule has 0 saturated heterocycles. The van der Waals surface area contributed by atoms with Gasteiger partial charge in [0.15, 0.2) is 6.61 Å². The van der Waals surface area contributed by atoms with Gasteiger partial charge >= 0.3 is 0 Å². The monoisotopic (exact) mass is 295 g/mol. The molecule has 1 fully saturated rings. The summed E-state index contributed by atoms with van der Waals surface area (Å²) >= 11 is 5.89. The first-order valence-corrected chi connectivity index (χ1v) is 7.62. The van der Waals surface area contributed by atoms with E-state index >= 15 is 0 Å². The Balaban J connectivity index is 1.82. The molecule has 1 aliphatic rings. The molecule has 0 aliphatic heterocycles. The molecule has 0 radical (unpaired) electrons. The molecule has 0 heterocycles. The lowest BCUT2D eigenvalue weighted by atomic mass is 9.86. The normalized spacial score (nSPS) is 22.4. The molecule has 110 valence electrons. The van der Waals surface area contributed by atoms with E-state index in [9.17, 15) is 4.79 Å². The molecule has 1 aromatic rings. The molecule has 1 amide bonds. The van der Waals surface area contributed by atoms with Crippen LogP contribution in [0.4, 0.5) is 0 Å². The SMILES string of the molecule is Cc1cc(Cl)ccc1OCC(=O)N[C@@H]1CCCC[C@H]1C. The van der Waals surface area contributed by atoms with Crippen molar-refractivity contribution in [1.29, 1.82) is 0 Å². The minimum absolute atomic E-state index is 0.0434. The molecule has 2 atom stereocenters. The molecule has 3 nitrogen and oxygen atoms in total. The summed E-state index contributed by atoms with van der Waals surface area (Å²) in [6, 6.07) is 5.70. The van der Waals surface area contributed by atoms with Crippen molar-refractivity contribution in [1.82, 2.24) is 5.32 Å². The van der Waals surface area contributed by atoms with Gasteiger partial charge in [-0.2, -0.15) is 0 Å². The zero-order valence-electron chi connectivity index (χ0n) is 12.1. The summed E-state index contributed by atoms with van der Waals surface area (Å²) in [6.45, 7) is 4.18. The first kappa shape index (κ1) is 15.2. The average molecular weight is 296 g/mol. The molecule has 1 N–H and O–H groups in total. The van der Waals surface area contributed by atoms with Gasteiger partial charge in [0, 0.05) is 11.1 Å².